The first-order chi connectivity index (χ1) is 4.20. The molecule has 0 saturated carbocycles. The van der Waals surface area contributed by atoms with Crippen molar-refractivity contribution in [3.8, 4) is 0 Å². The zero-order valence-electron chi connectivity index (χ0n) is 6.23. The quantitative estimate of drug-likeness (QED) is 0.306. The fourth-order valence-electron chi connectivity index (χ4n) is 0.891. The summed E-state index contributed by atoms with van der Waals surface area (Å²) in [6, 6.07) is 6.50. The van der Waals surface area contributed by atoms with Crippen LogP contribution in [0.1, 0.15) is 0 Å². The van der Waals surface area contributed by atoms with Crippen LogP contribution in [0.25, 0.3) is 0 Å². The molecular formula is C6H9B3. The average Bonchev–Trinajstić information content (AvgIpc) is 1.80. The Hall–Kier alpha value is -0.585. The minimum absolute atomic E-state index is 1.35. The van der Waals surface area contributed by atoms with E-state index in [1.807, 2.05) is 0 Å². The van der Waals surface area contributed by atoms with E-state index in [0.717, 1.165) is 0 Å². The second-order valence-corrected chi connectivity index (χ2v) is 2.59. The number of hydrogen-bond acceptors (Lipinski definition) is 0. The van der Waals surface area contributed by atoms with Gasteiger partial charge in [0.1, 0.15) is 23.5 Å². The summed E-state index contributed by atoms with van der Waals surface area (Å²) >= 11 is 0. The summed E-state index contributed by atoms with van der Waals surface area (Å²) in [5.74, 6) is 0. The highest BCUT2D eigenvalue weighted by atomic mass is 13.8. The molecule has 0 amide bonds. The molecule has 1 aromatic carbocycles. The van der Waals surface area contributed by atoms with Gasteiger partial charge in [-0.25, -0.2) is 0 Å². The number of benzene rings is 1. The van der Waals surface area contributed by atoms with Crippen molar-refractivity contribution >= 4 is 39.9 Å². The lowest BCUT2D eigenvalue weighted by molar-refractivity contribution is 1.91. The molecule has 0 spiro atoms. The van der Waals surface area contributed by atoms with Gasteiger partial charge in [0, 0.05) is 0 Å². The maximum atomic E-state index is 2.20. The topological polar surface area (TPSA) is 0 Å². The molecule has 9 heavy (non-hydrogen) atoms. The van der Waals surface area contributed by atoms with Crippen molar-refractivity contribution in [2.24, 2.45) is 0 Å². The second-order valence-electron chi connectivity index (χ2n) is 2.59. The Balaban J connectivity index is 3.17. The van der Waals surface area contributed by atoms with Gasteiger partial charge in [-0.2, -0.15) is 0 Å². The molecule has 0 aliphatic carbocycles. The van der Waals surface area contributed by atoms with Crippen LogP contribution in [0.3, 0.4) is 0 Å². The van der Waals surface area contributed by atoms with E-state index in [9.17, 15) is 0 Å². The van der Waals surface area contributed by atoms with Crippen LogP contribution >= 0.6 is 0 Å². The van der Waals surface area contributed by atoms with Gasteiger partial charge in [0.15, 0.2) is 0 Å². The smallest absolute Gasteiger partial charge is 0.0957 e. The second kappa shape index (κ2) is 2.34. The van der Waals surface area contributed by atoms with Gasteiger partial charge in [0.05, 0.1) is 0 Å². The highest BCUT2D eigenvalue weighted by Crippen LogP contribution is 1.69. The third-order valence-corrected chi connectivity index (χ3v) is 1.66. The van der Waals surface area contributed by atoms with Gasteiger partial charge in [-0.3, -0.25) is 0 Å². The van der Waals surface area contributed by atoms with E-state index in [1.54, 1.807) is 0 Å². The normalized spacial score (nSPS) is 9.33. The molecule has 0 bridgehead atoms. The molecule has 0 N–H and O–H groups in total. The maximum Gasteiger partial charge on any atom is 0.139 e. The molecule has 1 rings (SSSR count). The third-order valence-electron chi connectivity index (χ3n) is 1.66. The van der Waals surface area contributed by atoms with Gasteiger partial charge < -0.3 is 0 Å². The minimum atomic E-state index is 1.35. The standard InChI is InChI=1S/C6H9B3/c7-4-1-2-5(8)6(9)3-4/h1-3H,7-9H2. The van der Waals surface area contributed by atoms with Crippen LogP contribution in [0.5, 0.6) is 0 Å². The van der Waals surface area contributed by atoms with E-state index in [2.05, 4.69) is 41.7 Å². The molecule has 0 atom stereocenters. The molecule has 0 saturated heterocycles. The molecule has 0 unspecified atom stereocenters. The summed E-state index contributed by atoms with van der Waals surface area (Å²) in [6.45, 7) is 0. The van der Waals surface area contributed by atoms with Gasteiger partial charge in [-0.1, -0.05) is 34.6 Å². The molecule has 0 aliphatic rings. The van der Waals surface area contributed by atoms with Crippen LogP contribution in [0.2, 0.25) is 0 Å². The highest BCUT2D eigenvalue weighted by molar-refractivity contribution is 6.50. The van der Waals surface area contributed by atoms with Crippen molar-refractivity contribution in [1.82, 2.24) is 0 Å². The summed E-state index contributed by atoms with van der Waals surface area (Å²) in [4.78, 5) is 0. The summed E-state index contributed by atoms with van der Waals surface area (Å²) < 4.78 is 0. The predicted octanol–water partition coefficient (Wildman–Crippen LogP) is -3.54. The molecule has 0 aliphatic heterocycles. The Kier molecular flexibility index (Phi) is 1.70. The van der Waals surface area contributed by atoms with Crippen LogP contribution in [0, 0.1) is 0 Å². The fourth-order valence-corrected chi connectivity index (χ4v) is 0.891. The zero-order valence-corrected chi connectivity index (χ0v) is 6.23. The molecular weight excluding hydrogens is 105 g/mol. The highest BCUT2D eigenvalue weighted by Gasteiger charge is 1.89. The van der Waals surface area contributed by atoms with Crippen LogP contribution in [-0.4, -0.2) is 23.5 Å². The number of hydrogen-bond donors (Lipinski definition) is 0. The third kappa shape index (κ3) is 1.41. The summed E-state index contributed by atoms with van der Waals surface area (Å²) in [5.41, 5.74) is 4.11. The van der Waals surface area contributed by atoms with Crippen molar-refractivity contribution in [2.75, 3.05) is 0 Å². The first kappa shape index (κ1) is 6.53. The van der Waals surface area contributed by atoms with Gasteiger partial charge in [-0.05, 0) is 0 Å². The first-order valence-corrected chi connectivity index (χ1v) is 3.24. The van der Waals surface area contributed by atoms with Crippen LogP contribution in [0.15, 0.2) is 18.2 Å². The largest absolute Gasteiger partial charge is 0.139 e. The lowest BCUT2D eigenvalue weighted by Crippen LogP contribution is -2.29. The molecule has 1 aromatic rings. The van der Waals surface area contributed by atoms with E-state index in [4.69, 9.17) is 0 Å². The van der Waals surface area contributed by atoms with Gasteiger partial charge >= 0.3 is 0 Å². The summed E-state index contributed by atoms with van der Waals surface area (Å²) in [5, 5.41) is 0. The molecule has 0 fully saturated rings. The van der Waals surface area contributed by atoms with E-state index in [-0.39, 0.29) is 0 Å². The van der Waals surface area contributed by atoms with Crippen molar-refractivity contribution in [1.29, 1.82) is 0 Å². The van der Waals surface area contributed by atoms with Crippen molar-refractivity contribution in [3.05, 3.63) is 18.2 Å². The Morgan fingerprint density at radius 3 is 2.00 bits per heavy atom. The summed E-state index contributed by atoms with van der Waals surface area (Å²) in [7, 11) is 6.39. The Bertz CT molecular complexity index is 220. The lowest BCUT2D eigenvalue weighted by Gasteiger charge is -1.98. The molecule has 42 valence electrons. The Morgan fingerprint density at radius 2 is 1.56 bits per heavy atom. The van der Waals surface area contributed by atoms with Gasteiger partial charge in [0.2, 0.25) is 0 Å². The SMILES string of the molecule is Bc1ccc(B)c(B)c1. The van der Waals surface area contributed by atoms with E-state index >= 15 is 0 Å². The van der Waals surface area contributed by atoms with Crippen molar-refractivity contribution < 1.29 is 0 Å². The van der Waals surface area contributed by atoms with Crippen LogP contribution in [-0.2, 0) is 0 Å². The van der Waals surface area contributed by atoms with E-state index in [1.165, 1.54) is 16.4 Å². The zero-order chi connectivity index (χ0) is 6.85. The van der Waals surface area contributed by atoms with E-state index in [0.29, 0.717) is 0 Å². The summed E-state index contributed by atoms with van der Waals surface area (Å²) in [6.07, 6.45) is 0. The molecule has 0 radical (unpaired) electrons. The van der Waals surface area contributed by atoms with Gasteiger partial charge in [-0.15, -0.1) is 0 Å². The van der Waals surface area contributed by atoms with Gasteiger partial charge in [0.25, 0.3) is 0 Å². The Morgan fingerprint density at radius 1 is 0.889 bits per heavy atom. The molecule has 0 nitrogen and oxygen atoms in total. The Labute approximate surface area is 58.9 Å². The molecule has 3 heteroatoms. The fraction of sp³-hybridized carbons (Fsp3) is 0. The first-order valence-electron chi connectivity index (χ1n) is 3.24. The molecule has 0 aromatic heterocycles. The predicted molar refractivity (Wildman–Crippen MR) is 51.0 cm³/mol. The monoisotopic (exact) mass is 114 g/mol. The number of rotatable bonds is 0. The lowest BCUT2D eigenvalue weighted by atomic mass is 9.77. The van der Waals surface area contributed by atoms with Crippen molar-refractivity contribution in [2.45, 2.75) is 0 Å². The molecule has 0 heterocycles. The maximum absolute atomic E-state index is 2.20. The van der Waals surface area contributed by atoms with Crippen LogP contribution in [0.4, 0.5) is 0 Å². The van der Waals surface area contributed by atoms with Crippen molar-refractivity contribution in [3.63, 3.8) is 0 Å². The minimum Gasteiger partial charge on any atom is -0.0957 e. The average molecular weight is 114 g/mol. The van der Waals surface area contributed by atoms with E-state index < -0.39 is 0 Å². The van der Waals surface area contributed by atoms with Crippen LogP contribution < -0.4 is 16.4 Å².